The zero-order valence-corrected chi connectivity index (χ0v) is 25.3. The van der Waals surface area contributed by atoms with E-state index in [1.54, 1.807) is 43.3 Å². The molecule has 1 aliphatic rings. The largest absolute Gasteiger partial charge is 0.496 e. The summed E-state index contributed by atoms with van der Waals surface area (Å²) >= 11 is 0. The van der Waals surface area contributed by atoms with Gasteiger partial charge < -0.3 is 29.4 Å². The highest BCUT2D eigenvalue weighted by Gasteiger charge is 2.37. The number of rotatable bonds is 14. The number of methoxy groups -OCH3 is 1. The molecule has 0 spiro atoms. The number of alkyl carbamates (subject to hydrolysis) is 1. The molecular weight excluding hydrogens is 548 g/mol. The van der Waals surface area contributed by atoms with Crippen molar-refractivity contribution in [2.45, 2.75) is 83.2 Å². The molecule has 10 nitrogen and oxygen atoms in total. The SMILES string of the molecule is COc1ccc(S(=O)(=O)N(Cc2ccccc2)C(NC(=O)O[C@H]2CCOC2)[C@@H](C)O)cc1CC(C)(C)CCC(C)=O. The van der Waals surface area contributed by atoms with Crippen LogP contribution in [0.5, 0.6) is 5.75 Å². The molecule has 1 amide bonds. The zero-order valence-electron chi connectivity index (χ0n) is 24.5. The maximum absolute atomic E-state index is 14.3. The van der Waals surface area contributed by atoms with Crippen molar-refractivity contribution in [1.82, 2.24) is 9.62 Å². The second-order valence-electron chi connectivity index (χ2n) is 11.3. The summed E-state index contributed by atoms with van der Waals surface area (Å²) in [5, 5.41) is 13.3. The lowest BCUT2D eigenvalue weighted by Crippen LogP contribution is -2.56. The van der Waals surface area contributed by atoms with Gasteiger partial charge in [0.05, 0.1) is 31.3 Å². The van der Waals surface area contributed by atoms with Crippen LogP contribution in [0.4, 0.5) is 4.79 Å². The number of carbonyl (C=O) groups excluding carboxylic acids is 2. The number of nitrogens with zero attached hydrogens (tertiary/aromatic N) is 1. The topological polar surface area (TPSA) is 131 Å². The first kappa shape index (κ1) is 32.5. The van der Waals surface area contributed by atoms with Crippen LogP contribution in [0.25, 0.3) is 0 Å². The monoisotopic (exact) mass is 590 g/mol. The number of Topliss-reactive ketones (excluding diaryl/α,β-unsaturated/α-hetero) is 1. The van der Waals surface area contributed by atoms with Crippen molar-refractivity contribution in [2.24, 2.45) is 5.41 Å². The van der Waals surface area contributed by atoms with Crippen LogP contribution in [-0.2, 0) is 37.3 Å². The van der Waals surface area contributed by atoms with Crippen molar-refractivity contribution in [3.8, 4) is 5.75 Å². The van der Waals surface area contributed by atoms with E-state index >= 15 is 0 Å². The average molecular weight is 591 g/mol. The molecule has 3 rings (SSSR count). The van der Waals surface area contributed by atoms with Gasteiger partial charge in [0.15, 0.2) is 0 Å². The first-order valence-electron chi connectivity index (χ1n) is 13.8. The van der Waals surface area contributed by atoms with Crippen LogP contribution < -0.4 is 10.1 Å². The van der Waals surface area contributed by atoms with E-state index < -0.39 is 34.5 Å². The molecule has 1 saturated heterocycles. The van der Waals surface area contributed by atoms with E-state index in [1.807, 2.05) is 19.9 Å². The van der Waals surface area contributed by atoms with Crippen molar-refractivity contribution in [3.05, 3.63) is 59.7 Å². The van der Waals surface area contributed by atoms with Crippen LogP contribution in [0.2, 0.25) is 0 Å². The molecule has 11 heteroatoms. The Morgan fingerprint density at radius 2 is 1.90 bits per heavy atom. The Balaban J connectivity index is 1.99. The Morgan fingerprint density at radius 3 is 2.49 bits per heavy atom. The number of hydrogen-bond donors (Lipinski definition) is 2. The average Bonchev–Trinajstić information content (AvgIpc) is 3.42. The van der Waals surface area contributed by atoms with Crippen LogP contribution in [0.1, 0.15) is 58.1 Å². The predicted molar refractivity (Wildman–Crippen MR) is 154 cm³/mol. The molecule has 2 aromatic rings. The first-order chi connectivity index (χ1) is 19.3. The predicted octanol–water partition coefficient (Wildman–Crippen LogP) is 4.05. The fourth-order valence-corrected chi connectivity index (χ4v) is 6.40. The standard InChI is InChI=1S/C30H42N2O8S/c1-21(33)13-15-30(3,4)18-24-17-26(11-12-27(24)38-5)41(36,37)32(19-23-9-7-6-8-10-23)28(22(2)34)31-29(35)40-25-14-16-39-20-25/h6-12,17,22,25,28,34H,13-16,18-20H2,1-5H3,(H,31,35)/t22-,25+,28?/m1/s1. The number of nitrogens with one attached hydrogen (secondary N) is 1. The number of aliphatic hydroxyl groups is 1. The Morgan fingerprint density at radius 1 is 1.20 bits per heavy atom. The lowest BCUT2D eigenvalue weighted by Gasteiger charge is -2.33. The Kier molecular flexibility index (Phi) is 11.3. The van der Waals surface area contributed by atoms with Crippen LogP contribution in [0.15, 0.2) is 53.4 Å². The van der Waals surface area contributed by atoms with Crippen LogP contribution in [-0.4, -0.2) is 68.4 Å². The van der Waals surface area contributed by atoms with Crippen LogP contribution >= 0.6 is 0 Å². The first-order valence-corrected chi connectivity index (χ1v) is 15.2. The van der Waals surface area contributed by atoms with Crippen molar-refractivity contribution in [1.29, 1.82) is 0 Å². The van der Waals surface area contributed by atoms with E-state index in [0.717, 1.165) is 4.31 Å². The number of ketones is 1. The molecule has 3 atom stereocenters. The highest BCUT2D eigenvalue weighted by molar-refractivity contribution is 7.89. The van der Waals surface area contributed by atoms with Gasteiger partial charge in [-0.25, -0.2) is 13.2 Å². The van der Waals surface area contributed by atoms with Crippen molar-refractivity contribution in [2.75, 3.05) is 20.3 Å². The van der Waals surface area contributed by atoms with E-state index in [-0.39, 0.29) is 29.2 Å². The van der Waals surface area contributed by atoms with E-state index in [4.69, 9.17) is 14.2 Å². The number of carbonyl (C=O) groups is 2. The van der Waals surface area contributed by atoms with Gasteiger partial charge >= 0.3 is 6.09 Å². The molecular formula is C30H42N2O8S. The normalized spacial score (nSPS) is 17.2. The Bertz CT molecular complexity index is 1270. The summed E-state index contributed by atoms with van der Waals surface area (Å²) in [5.74, 6) is 0.621. The second kappa shape index (κ2) is 14.3. The molecule has 1 heterocycles. The third kappa shape index (κ3) is 9.26. The van der Waals surface area contributed by atoms with E-state index in [0.29, 0.717) is 49.2 Å². The molecule has 0 radical (unpaired) electrons. The van der Waals surface area contributed by atoms with Crippen LogP contribution in [0.3, 0.4) is 0 Å². The maximum atomic E-state index is 14.3. The molecule has 0 saturated carbocycles. The van der Waals surface area contributed by atoms with Gasteiger partial charge in [0, 0.05) is 19.4 Å². The fourth-order valence-electron chi connectivity index (χ4n) is 4.75. The second-order valence-corrected chi connectivity index (χ2v) is 13.2. The minimum absolute atomic E-state index is 0.0170. The number of benzene rings is 2. The van der Waals surface area contributed by atoms with E-state index in [1.165, 1.54) is 20.1 Å². The third-order valence-corrected chi connectivity index (χ3v) is 8.88. The number of aliphatic hydroxyl groups excluding tert-OH is 1. The smallest absolute Gasteiger partial charge is 0.408 e. The summed E-state index contributed by atoms with van der Waals surface area (Å²) in [4.78, 5) is 24.4. The van der Waals surface area contributed by atoms with Gasteiger partial charge in [-0.05, 0) is 61.4 Å². The molecule has 0 aromatic heterocycles. The number of hydrogen-bond acceptors (Lipinski definition) is 8. The quantitative estimate of drug-likeness (QED) is 0.315. The van der Waals surface area contributed by atoms with Gasteiger partial charge in [0.25, 0.3) is 0 Å². The molecule has 1 fully saturated rings. The Labute approximate surface area is 243 Å². The highest BCUT2D eigenvalue weighted by atomic mass is 32.2. The fraction of sp³-hybridized carbons (Fsp3) is 0.533. The summed E-state index contributed by atoms with van der Waals surface area (Å²) in [6.45, 7) is 7.62. The van der Waals surface area contributed by atoms with Gasteiger partial charge in [-0.3, -0.25) is 0 Å². The van der Waals surface area contributed by atoms with Gasteiger partial charge in [-0.1, -0.05) is 44.2 Å². The minimum Gasteiger partial charge on any atom is -0.496 e. The maximum Gasteiger partial charge on any atom is 0.408 e. The summed E-state index contributed by atoms with van der Waals surface area (Å²) in [5.41, 5.74) is 1.03. The summed E-state index contributed by atoms with van der Waals surface area (Å²) < 4.78 is 45.8. The van der Waals surface area contributed by atoms with Crippen LogP contribution in [0, 0.1) is 5.41 Å². The lowest BCUT2D eigenvalue weighted by molar-refractivity contribution is -0.117. The van der Waals surface area contributed by atoms with Crippen molar-refractivity contribution in [3.63, 3.8) is 0 Å². The Hall–Kier alpha value is -2.99. The van der Waals surface area contributed by atoms with Crippen molar-refractivity contribution < 1.29 is 37.3 Å². The number of amides is 1. The molecule has 0 aliphatic carbocycles. The van der Waals surface area contributed by atoms with Gasteiger partial charge in [0.1, 0.15) is 23.8 Å². The molecule has 0 bridgehead atoms. The van der Waals surface area contributed by atoms with Crippen molar-refractivity contribution >= 4 is 21.9 Å². The minimum atomic E-state index is -4.28. The molecule has 1 aliphatic heterocycles. The number of sulfonamides is 1. The molecule has 2 aromatic carbocycles. The van der Waals surface area contributed by atoms with Gasteiger partial charge in [0.2, 0.25) is 10.0 Å². The lowest BCUT2D eigenvalue weighted by atomic mass is 9.81. The van der Waals surface area contributed by atoms with E-state index in [2.05, 4.69) is 5.32 Å². The zero-order chi connectivity index (χ0) is 30.2. The highest BCUT2D eigenvalue weighted by Crippen LogP contribution is 2.34. The summed E-state index contributed by atoms with van der Waals surface area (Å²) in [7, 11) is -2.76. The molecule has 226 valence electrons. The van der Waals surface area contributed by atoms with Gasteiger partial charge in [-0.2, -0.15) is 4.31 Å². The molecule has 1 unspecified atom stereocenters. The summed E-state index contributed by atoms with van der Waals surface area (Å²) in [6.07, 6.45) is -1.83. The van der Waals surface area contributed by atoms with Gasteiger partial charge in [-0.15, -0.1) is 0 Å². The van der Waals surface area contributed by atoms with E-state index in [9.17, 15) is 23.1 Å². The molecule has 2 N–H and O–H groups in total. The summed E-state index contributed by atoms with van der Waals surface area (Å²) in [6, 6.07) is 13.5. The number of ether oxygens (including phenoxy) is 3. The molecule has 41 heavy (non-hydrogen) atoms. The third-order valence-electron chi connectivity index (χ3n) is 7.06.